The molecule has 0 aliphatic carbocycles. The van der Waals surface area contributed by atoms with E-state index in [1.54, 1.807) is 21.1 Å². The zero-order valence-corrected chi connectivity index (χ0v) is 10.4. The van der Waals surface area contributed by atoms with Crippen molar-refractivity contribution in [2.75, 3.05) is 27.4 Å². The fourth-order valence-electron chi connectivity index (χ4n) is 1.08. The molecule has 84 valence electrons. The van der Waals surface area contributed by atoms with E-state index < -0.39 is 9.28 Å². The molecule has 0 heterocycles. The van der Waals surface area contributed by atoms with Crippen LogP contribution in [0.2, 0.25) is 5.54 Å². The Morgan fingerprint density at radius 1 is 1.43 bits per heavy atom. The molecule has 0 spiro atoms. The minimum absolute atomic E-state index is 0.217. The largest absolute Gasteiger partial charge is 0.450 e. The molecule has 0 aliphatic heterocycles. The van der Waals surface area contributed by atoms with Crippen LogP contribution in [-0.4, -0.2) is 42.7 Å². The SMILES string of the molecule is CCOC(=O)NCC(C)[SiH](OC)OC. The normalized spacial score (nSPS) is 12.6. The summed E-state index contributed by atoms with van der Waals surface area (Å²) >= 11 is 0. The molecule has 1 unspecified atom stereocenters. The van der Waals surface area contributed by atoms with Crippen LogP contribution in [0.15, 0.2) is 0 Å². The van der Waals surface area contributed by atoms with E-state index in [0.717, 1.165) is 0 Å². The molecule has 0 rings (SSSR count). The molecule has 0 saturated heterocycles. The number of alkyl carbamates (subject to hydrolysis) is 1. The van der Waals surface area contributed by atoms with Crippen molar-refractivity contribution in [3.8, 4) is 0 Å². The van der Waals surface area contributed by atoms with Crippen LogP contribution in [0.25, 0.3) is 0 Å². The number of carbonyl (C=O) groups is 1. The second-order valence-electron chi connectivity index (χ2n) is 2.92. The van der Waals surface area contributed by atoms with E-state index in [0.29, 0.717) is 13.2 Å². The van der Waals surface area contributed by atoms with Gasteiger partial charge < -0.3 is 18.9 Å². The Bertz CT molecular complexity index is 163. The van der Waals surface area contributed by atoms with Crippen LogP contribution in [0.1, 0.15) is 13.8 Å². The fourth-order valence-corrected chi connectivity index (χ4v) is 2.52. The number of amides is 1. The Morgan fingerprint density at radius 3 is 2.43 bits per heavy atom. The molecular formula is C8H19NO4Si. The number of rotatable bonds is 6. The first kappa shape index (κ1) is 13.4. The minimum Gasteiger partial charge on any atom is -0.450 e. The smallest absolute Gasteiger partial charge is 0.407 e. The summed E-state index contributed by atoms with van der Waals surface area (Å²) in [6, 6.07) is 0. The lowest BCUT2D eigenvalue weighted by molar-refractivity contribution is 0.151. The van der Waals surface area contributed by atoms with E-state index in [1.807, 2.05) is 6.92 Å². The van der Waals surface area contributed by atoms with Crippen molar-refractivity contribution in [3.05, 3.63) is 0 Å². The Labute approximate surface area is 86.6 Å². The molecule has 0 fully saturated rings. The number of hydrogen-bond donors (Lipinski definition) is 1. The molecule has 0 radical (unpaired) electrons. The molecule has 0 bridgehead atoms. The summed E-state index contributed by atoms with van der Waals surface area (Å²) < 4.78 is 15.1. The van der Waals surface area contributed by atoms with Crippen molar-refractivity contribution in [2.24, 2.45) is 0 Å². The Balaban J connectivity index is 3.71. The van der Waals surface area contributed by atoms with E-state index in [1.165, 1.54) is 0 Å². The van der Waals surface area contributed by atoms with Gasteiger partial charge >= 0.3 is 15.4 Å². The third kappa shape index (κ3) is 5.20. The van der Waals surface area contributed by atoms with Gasteiger partial charge in [-0.15, -0.1) is 0 Å². The lowest BCUT2D eigenvalue weighted by atomic mass is 10.5. The Kier molecular flexibility index (Phi) is 7.45. The first-order valence-corrected chi connectivity index (χ1v) is 6.22. The lowest BCUT2D eigenvalue weighted by Crippen LogP contribution is -2.35. The summed E-state index contributed by atoms with van der Waals surface area (Å²) in [5.74, 6) is 0. The maximum Gasteiger partial charge on any atom is 0.407 e. The van der Waals surface area contributed by atoms with Gasteiger partial charge in [-0.25, -0.2) is 4.79 Å². The summed E-state index contributed by atoms with van der Waals surface area (Å²) in [5, 5.41) is 2.65. The fraction of sp³-hybridized carbons (Fsp3) is 0.875. The van der Waals surface area contributed by atoms with E-state index >= 15 is 0 Å². The number of carbonyl (C=O) groups excluding carboxylic acids is 1. The third-order valence-corrected chi connectivity index (χ3v) is 3.87. The molecule has 5 nitrogen and oxygen atoms in total. The second kappa shape index (κ2) is 7.78. The van der Waals surface area contributed by atoms with E-state index in [-0.39, 0.29) is 11.6 Å². The van der Waals surface area contributed by atoms with Gasteiger partial charge in [-0.1, -0.05) is 6.92 Å². The third-order valence-electron chi connectivity index (χ3n) is 1.77. The van der Waals surface area contributed by atoms with Gasteiger partial charge in [0.25, 0.3) is 0 Å². The lowest BCUT2D eigenvalue weighted by Gasteiger charge is -2.18. The quantitative estimate of drug-likeness (QED) is 0.669. The summed E-state index contributed by atoms with van der Waals surface area (Å²) in [4.78, 5) is 10.9. The van der Waals surface area contributed by atoms with Crippen molar-refractivity contribution < 1.29 is 18.4 Å². The highest BCUT2D eigenvalue weighted by Gasteiger charge is 2.20. The molecule has 0 aromatic rings. The van der Waals surface area contributed by atoms with Crippen molar-refractivity contribution in [1.29, 1.82) is 0 Å². The average molecular weight is 221 g/mol. The summed E-state index contributed by atoms with van der Waals surface area (Å²) in [6.45, 7) is 4.66. The standard InChI is InChI=1S/C8H19NO4Si/c1-5-13-8(10)9-6-7(2)14(11-3)12-4/h7,14H,5-6H2,1-4H3,(H,9,10). The van der Waals surface area contributed by atoms with Crippen LogP contribution in [-0.2, 0) is 13.6 Å². The predicted molar refractivity (Wildman–Crippen MR) is 55.6 cm³/mol. The molecular weight excluding hydrogens is 202 g/mol. The first-order chi connectivity index (χ1) is 6.65. The maximum absolute atomic E-state index is 10.9. The molecule has 1 amide bonds. The van der Waals surface area contributed by atoms with Crippen LogP contribution in [0.5, 0.6) is 0 Å². The number of nitrogens with one attached hydrogen (secondary N) is 1. The molecule has 0 aromatic carbocycles. The highest BCUT2D eigenvalue weighted by Crippen LogP contribution is 2.08. The summed E-state index contributed by atoms with van der Waals surface area (Å²) in [5.41, 5.74) is 0.217. The molecule has 1 atom stereocenters. The molecule has 14 heavy (non-hydrogen) atoms. The van der Waals surface area contributed by atoms with Gasteiger partial charge in [0.15, 0.2) is 0 Å². The summed E-state index contributed by atoms with van der Waals surface area (Å²) in [6.07, 6.45) is -0.390. The van der Waals surface area contributed by atoms with Crippen LogP contribution in [0.3, 0.4) is 0 Å². The molecule has 6 heteroatoms. The van der Waals surface area contributed by atoms with Crippen LogP contribution >= 0.6 is 0 Å². The zero-order chi connectivity index (χ0) is 11.0. The minimum atomic E-state index is -1.64. The highest BCUT2D eigenvalue weighted by molar-refractivity contribution is 6.46. The molecule has 0 saturated carbocycles. The van der Waals surface area contributed by atoms with Crippen molar-refractivity contribution in [2.45, 2.75) is 19.4 Å². The van der Waals surface area contributed by atoms with Crippen LogP contribution in [0, 0.1) is 0 Å². The van der Waals surface area contributed by atoms with Crippen LogP contribution < -0.4 is 5.32 Å². The molecule has 0 aromatic heterocycles. The number of ether oxygens (including phenoxy) is 1. The van der Waals surface area contributed by atoms with E-state index in [4.69, 9.17) is 13.6 Å². The molecule has 0 aliphatic rings. The average Bonchev–Trinajstić information content (AvgIpc) is 2.17. The Hall–Kier alpha value is -0.593. The van der Waals surface area contributed by atoms with E-state index in [9.17, 15) is 4.79 Å². The Morgan fingerprint density at radius 2 is 2.00 bits per heavy atom. The van der Waals surface area contributed by atoms with Gasteiger partial charge in [0, 0.05) is 26.3 Å². The topological polar surface area (TPSA) is 56.8 Å². The van der Waals surface area contributed by atoms with Crippen molar-refractivity contribution >= 4 is 15.4 Å². The maximum atomic E-state index is 10.9. The first-order valence-electron chi connectivity index (χ1n) is 4.61. The molecule has 1 N–H and O–H groups in total. The van der Waals surface area contributed by atoms with Gasteiger partial charge in [-0.3, -0.25) is 0 Å². The van der Waals surface area contributed by atoms with E-state index in [2.05, 4.69) is 5.32 Å². The predicted octanol–water partition coefficient (Wildman–Crippen LogP) is 0.636. The number of hydrogen-bond acceptors (Lipinski definition) is 4. The highest BCUT2D eigenvalue weighted by atomic mass is 28.3. The summed E-state index contributed by atoms with van der Waals surface area (Å²) in [7, 11) is 1.62. The van der Waals surface area contributed by atoms with Crippen molar-refractivity contribution in [1.82, 2.24) is 5.32 Å². The van der Waals surface area contributed by atoms with Gasteiger partial charge in [0.05, 0.1) is 6.61 Å². The van der Waals surface area contributed by atoms with Crippen LogP contribution in [0.4, 0.5) is 4.79 Å². The van der Waals surface area contributed by atoms with Gasteiger partial charge in [0.2, 0.25) is 0 Å². The van der Waals surface area contributed by atoms with Gasteiger partial charge in [-0.05, 0) is 6.92 Å². The van der Waals surface area contributed by atoms with Gasteiger partial charge in [-0.2, -0.15) is 0 Å². The van der Waals surface area contributed by atoms with Gasteiger partial charge in [0.1, 0.15) is 0 Å². The monoisotopic (exact) mass is 221 g/mol. The second-order valence-corrected chi connectivity index (χ2v) is 5.74. The van der Waals surface area contributed by atoms with Crippen molar-refractivity contribution in [3.63, 3.8) is 0 Å². The zero-order valence-electron chi connectivity index (χ0n) is 9.20.